The Morgan fingerprint density at radius 1 is 1.00 bits per heavy atom. The SMILES string of the molecule is CCOC(=O)Cc1nc(-c2ccccc2)oc1N(CC(=O)OC)CC(=O)OC. The van der Waals surface area contributed by atoms with Gasteiger partial charge in [-0.15, -0.1) is 0 Å². The highest BCUT2D eigenvalue weighted by molar-refractivity contribution is 5.82. The zero-order valence-corrected chi connectivity index (χ0v) is 16.0. The molecule has 0 spiro atoms. The number of hydrogen-bond donors (Lipinski definition) is 0. The summed E-state index contributed by atoms with van der Waals surface area (Å²) in [5, 5.41) is 0. The highest BCUT2D eigenvalue weighted by Crippen LogP contribution is 2.29. The predicted octanol–water partition coefficient (Wildman–Crippen LogP) is 1.60. The van der Waals surface area contributed by atoms with Crippen molar-refractivity contribution in [3.8, 4) is 11.5 Å². The van der Waals surface area contributed by atoms with E-state index < -0.39 is 17.9 Å². The molecule has 0 saturated heterocycles. The molecule has 1 aromatic carbocycles. The number of hydrogen-bond acceptors (Lipinski definition) is 9. The Morgan fingerprint density at radius 2 is 1.61 bits per heavy atom. The Balaban J connectivity index is 2.45. The lowest BCUT2D eigenvalue weighted by Crippen LogP contribution is -2.36. The third-order valence-corrected chi connectivity index (χ3v) is 3.70. The van der Waals surface area contributed by atoms with Crippen LogP contribution in [0.1, 0.15) is 12.6 Å². The standard InChI is InChI=1S/C19H22N2O7/c1-4-27-15(22)10-14-19(21(11-16(23)25-2)12-17(24)26-3)28-18(20-14)13-8-6-5-7-9-13/h5-9H,4,10-12H2,1-3H3. The quantitative estimate of drug-likeness (QED) is 0.466. The molecule has 0 atom stereocenters. The molecule has 2 rings (SSSR count). The Hall–Kier alpha value is -3.36. The number of carbonyl (C=O) groups excluding carboxylic acids is 3. The summed E-state index contributed by atoms with van der Waals surface area (Å²) >= 11 is 0. The number of oxazole rings is 1. The van der Waals surface area contributed by atoms with Gasteiger partial charge in [0.25, 0.3) is 0 Å². The van der Waals surface area contributed by atoms with Crippen LogP contribution in [0.25, 0.3) is 11.5 Å². The van der Waals surface area contributed by atoms with Gasteiger partial charge in [-0.3, -0.25) is 14.4 Å². The molecule has 0 fully saturated rings. The molecular formula is C19H22N2O7. The summed E-state index contributed by atoms with van der Waals surface area (Å²) in [5.41, 5.74) is 0.917. The number of anilines is 1. The van der Waals surface area contributed by atoms with E-state index in [1.165, 1.54) is 19.1 Å². The minimum Gasteiger partial charge on any atom is -0.468 e. The van der Waals surface area contributed by atoms with Crippen molar-refractivity contribution in [3.05, 3.63) is 36.0 Å². The molecular weight excluding hydrogens is 368 g/mol. The molecule has 0 N–H and O–H groups in total. The Bertz CT molecular complexity index is 799. The molecule has 0 bridgehead atoms. The molecule has 28 heavy (non-hydrogen) atoms. The maximum absolute atomic E-state index is 12.0. The van der Waals surface area contributed by atoms with Crippen molar-refractivity contribution in [1.29, 1.82) is 0 Å². The van der Waals surface area contributed by atoms with Gasteiger partial charge in [-0.1, -0.05) is 18.2 Å². The van der Waals surface area contributed by atoms with E-state index in [9.17, 15) is 14.4 Å². The topological polar surface area (TPSA) is 108 Å². The van der Waals surface area contributed by atoms with Gasteiger partial charge in [0.2, 0.25) is 11.8 Å². The number of esters is 3. The summed E-state index contributed by atoms with van der Waals surface area (Å²) < 4.78 is 20.2. The fourth-order valence-electron chi connectivity index (χ4n) is 2.40. The van der Waals surface area contributed by atoms with E-state index in [2.05, 4.69) is 14.5 Å². The van der Waals surface area contributed by atoms with Crippen molar-refractivity contribution in [3.63, 3.8) is 0 Å². The third kappa shape index (κ3) is 5.57. The molecule has 0 aliphatic heterocycles. The minimum atomic E-state index is -0.594. The van der Waals surface area contributed by atoms with Crippen molar-refractivity contribution in [2.24, 2.45) is 0 Å². The van der Waals surface area contributed by atoms with E-state index in [0.717, 1.165) is 0 Å². The Kier molecular flexibility index (Phi) is 7.55. The van der Waals surface area contributed by atoms with Crippen molar-refractivity contribution in [2.75, 3.05) is 38.8 Å². The van der Waals surface area contributed by atoms with Crippen LogP contribution in [-0.4, -0.2) is 56.8 Å². The number of ether oxygens (including phenoxy) is 3. The molecule has 0 amide bonds. The van der Waals surface area contributed by atoms with E-state index in [1.54, 1.807) is 19.1 Å². The van der Waals surface area contributed by atoms with Gasteiger partial charge < -0.3 is 23.5 Å². The number of rotatable bonds is 9. The van der Waals surface area contributed by atoms with E-state index in [1.807, 2.05) is 18.2 Å². The molecule has 1 aromatic heterocycles. The van der Waals surface area contributed by atoms with Crippen LogP contribution in [-0.2, 0) is 35.0 Å². The maximum atomic E-state index is 12.0. The first kappa shape index (κ1) is 20.9. The van der Waals surface area contributed by atoms with Gasteiger partial charge in [-0.05, 0) is 19.1 Å². The Morgan fingerprint density at radius 3 is 2.14 bits per heavy atom. The highest BCUT2D eigenvalue weighted by atomic mass is 16.5. The molecule has 0 saturated carbocycles. The van der Waals surface area contributed by atoms with Gasteiger partial charge in [0, 0.05) is 5.56 Å². The summed E-state index contributed by atoms with van der Waals surface area (Å²) in [7, 11) is 2.46. The van der Waals surface area contributed by atoms with Crippen LogP contribution in [0.2, 0.25) is 0 Å². The lowest BCUT2D eigenvalue weighted by Gasteiger charge is -2.19. The van der Waals surface area contributed by atoms with E-state index >= 15 is 0 Å². The monoisotopic (exact) mass is 390 g/mol. The molecule has 0 unspecified atom stereocenters. The van der Waals surface area contributed by atoms with Crippen LogP contribution in [0.15, 0.2) is 34.7 Å². The van der Waals surface area contributed by atoms with Crippen molar-refractivity contribution < 1.29 is 33.0 Å². The minimum absolute atomic E-state index is 0.0997. The van der Waals surface area contributed by atoms with Crippen molar-refractivity contribution in [2.45, 2.75) is 13.3 Å². The largest absolute Gasteiger partial charge is 0.468 e. The molecule has 0 aliphatic rings. The van der Waals surface area contributed by atoms with Crippen LogP contribution < -0.4 is 4.90 Å². The lowest BCUT2D eigenvalue weighted by atomic mass is 10.2. The van der Waals surface area contributed by atoms with Gasteiger partial charge in [0.1, 0.15) is 18.8 Å². The van der Waals surface area contributed by atoms with Gasteiger partial charge in [0.05, 0.1) is 27.2 Å². The van der Waals surface area contributed by atoms with Gasteiger partial charge in [-0.25, -0.2) is 4.98 Å². The second-order valence-electron chi connectivity index (χ2n) is 5.63. The van der Waals surface area contributed by atoms with Crippen LogP contribution in [0, 0.1) is 0 Å². The normalized spacial score (nSPS) is 10.2. The van der Waals surface area contributed by atoms with Crippen LogP contribution >= 0.6 is 0 Å². The van der Waals surface area contributed by atoms with Crippen LogP contribution in [0.3, 0.4) is 0 Å². The zero-order chi connectivity index (χ0) is 20.5. The molecule has 2 aromatic rings. The second-order valence-corrected chi connectivity index (χ2v) is 5.63. The van der Waals surface area contributed by atoms with Gasteiger partial charge in [-0.2, -0.15) is 0 Å². The molecule has 0 radical (unpaired) electrons. The average molecular weight is 390 g/mol. The maximum Gasteiger partial charge on any atom is 0.325 e. The number of carbonyl (C=O) groups is 3. The smallest absolute Gasteiger partial charge is 0.325 e. The predicted molar refractivity (Wildman–Crippen MR) is 98.5 cm³/mol. The number of aromatic nitrogens is 1. The number of methoxy groups -OCH3 is 2. The summed E-state index contributed by atoms with van der Waals surface area (Å²) in [5.74, 6) is -1.35. The van der Waals surface area contributed by atoms with Crippen LogP contribution in [0.5, 0.6) is 0 Å². The second kappa shape index (κ2) is 10.1. The summed E-state index contributed by atoms with van der Waals surface area (Å²) in [4.78, 5) is 41.3. The first-order valence-electron chi connectivity index (χ1n) is 8.57. The van der Waals surface area contributed by atoms with Gasteiger partial charge in [0.15, 0.2) is 0 Å². The first-order chi connectivity index (χ1) is 13.5. The average Bonchev–Trinajstić information content (AvgIpc) is 3.11. The summed E-state index contributed by atoms with van der Waals surface area (Å²) in [6, 6.07) is 9.03. The number of benzene rings is 1. The van der Waals surface area contributed by atoms with Gasteiger partial charge >= 0.3 is 17.9 Å². The fourth-order valence-corrected chi connectivity index (χ4v) is 2.40. The zero-order valence-electron chi connectivity index (χ0n) is 16.0. The van der Waals surface area contributed by atoms with E-state index in [0.29, 0.717) is 5.56 Å². The fraction of sp³-hybridized carbons (Fsp3) is 0.368. The molecule has 0 aliphatic carbocycles. The van der Waals surface area contributed by atoms with Crippen LogP contribution in [0.4, 0.5) is 5.88 Å². The number of nitrogens with zero attached hydrogens (tertiary/aromatic N) is 2. The summed E-state index contributed by atoms with van der Waals surface area (Å²) in [6.07, 6.45) is -0.182. The van der Waals surface area contributed by atoms with Crippen molar-refractivity contribution in [1.82, 2.24) is 4.98 Å². The highest BCUT2D eigenvalue weighted by Gasteiger charge is 2.26. The third-order valence-electron chi connectivity index (χ3n) is 3.70. The lowest BCUT2D eigenvalue weighted by molar-refractivity contribution is -0.142. The summed E-state index contributed by atoms with van der Waals surface area (Å²) in [6.45, 7) is 1.33. The van der Waals surface area contributed by atoms with Crippen molar-refractivity contribution >= 4 is 23.8 Å². The first-order valence-corrected chi connectivity index (χ1v) is 8.57. The molecule has 9 heteroatoms. The molecule has 9 nitrogen and oxygen atoms in total. The molecule has 1 heterocycles. The van der Waals surface area contributed by atoms with E-state index in [-0.39, 0.29) is 43.6 Å². The Labute approximate surface area is 162 Å². The molecule has 150 valence electrons. The van der Waals surface area contributed by atoms with E-state index in [4.69, 9.17) is 9.15 Å².